The highest BCUT2D eigenvalue weighted by Crippen LogP contribution is 2.05. The van der Waals surface area contributed by atoms with Crippen molar-refractivity contribution < 1.29 is 14.5 Å². The molecule has 1 aromatic rings. The Morgan fingerprint density at radius 2 is 1.67 bits per heavy atom. The van der Waals surface area contributed by atoms with Crippen molar-refractivity contribution in [2.24, 2.45) is 0 Å². The normalized spacial score (nSPS) is 9.86. The van der Waals surface area contributed by atoms with Crippen LogP contribution in [0.1, 0.15) is 71.4 Å². The zero-order chi connectivity index (χ0) is 15.9. The number of hydrogen-bond donors (Lipinski definition) is 0. The van der Waals surface area contributed by atoms with E-state index in [1.54, 1.807) is 0 Å². The van der Waals surface area contributed by atoms with Crippen LogP contribution < -0.4 is 9.67 Å². The molecule has 0 aliphatic carbocycles. The van der Waals surface area contributed by atoms with Crippen molar-refractivity contribution in [3.63, 3.8) is 0 Å². The zero-order valence-electron chi connectivity index (χ0n) is 13.9. The number of carboxylic acid groups (broad SMARTS) is 1. The molecule has 120 valence electrons. The summed E-state index contributed by atoms with van der Waals surface area (Å²) in [5.41, 5.74) is 1.49. The molecule has 0 aliphatic heterocycles. The summed E-state index contributed by atoms with van der Waals surface area (Å²) in [4.78, 5) is 8.89. The van der Waals surface area contributed by atoms with Crippen LogP contribution in [-0.4, -0.2) is 5.97 Å². The van der Waals surface area contributed by atoms with Crippen LogP contribution >= 0.6 is 0 Å². The highest BCUT2D eigenvalue weighted by molar-refractivity contribution is 5.60. The summed E-state index contributed by atoms with van der Waals surface area (Å²) in [6, 6.07) is 6.57. The maximum Gasteiger partial charge on any atom is 0.181 e. The first-order chi connectivity index (χ1) is 10.1. The van der Waals surface area contributed by atoms with Crippen LogP contribution in [0.2, 0.25) is 0 Å². The van der Waals surface area contributed by atoms with Gasteiger partial charge in [0.05, 0.1) is 0 Å². The quantitative estimate of drug-likeness (QED) is 0.519. The number of aryl methyl sites for hydroxylation is 2. The fraction of sp³-hybridized carbons (Fsp3) is 0.667. The van der Waals surface area contributed by atoms with E-state index in [0.29, 0.717) is 0 Å². The first kappa shape index (κ1) is 19.6. The van der Waals surface area contributed by atoms with Gasteiger partial charge in [-0.25, -0.2) is 4.57 Å². The molecule has 0 saturated carbocycles. The number of pyridine rings is 1. The van der Waals surface area contributed by atoms with Gasteiger partial charge >= 0.3 is 0 Å². The van der Waals surface area contributed by atoms with E-state index < -0.39 is 5.97 Å². The topological polar surface area (TPSA) is 44.0 Å². The van der Waals surface area contributed by atoms with E-state index in [-0.39, 0.29) is 0 Å². The van der Waals surface area contributed by atoms with Crippen LogP contribution in [0.4, 0.5) is 0 Å². The Morgan fingerprint density at radius 3 is 2.29 bits per heavy atom. The van der Waals surface area contributed by atoms with Crippen LogP contribution in [0.15, 0.2) is 24.4 Å². The number of carbonyl (C=O) groups is 1. The van der Waals surface area contributed by atoms with Gasteiger partial charge in [0.25, 0.3) is 0 Å². The Labute approximate surface area is 130 Å². The van der Waals surface area contributed by atoms with Crippen LogP contribution in [0.5, 0.6) is 0 Å². The maximum absolute atomic E-state index is 8.89. The predicted octanol–water partition coefficient (Wildman–Crippen LogP) is 3.04. The van der Waals surface area contributed by atoms with Crippen molar-refractivity contribution in [2.45, 2.75) is 78.7 Å². The second kappa shape index (κ2) is 13.6. The molecular weight excluding hydrogens is 262 g/mol. The molecule has 3 nitrogen and oxygen atoms in total. The summed E-state index contributed by atoms with van der Waals surface area (Å²) in [5.74, 6) is -1.08. The number of carbonyl (C=O) groups excluding carboxylic acids is 1. The van der Waals surface area contributed by atoms with Gasteiger partial charge in [0.1, 0.15) is 6.54 Å². The maximum atomic E-state index is 8.89. The Kier molecular flexibility index (Phi) is 12.7. The monoisotopic (exact) mass is 293 g/mol. The Bertz CT molecular complexity index is 373. The third kappa shape index (κ3) is 12.1. The molecule has 21 heavy (non-hydrogen) atoms. The van der Waals surface area contributed by atoms with Gasteiger partial charge in [0, 0.05) is 30.9 Å². The smallest absolute Gasteiger partial charge is 0.181 e. The van der Waals surface area contributed by atoms with Crippen LogP contribution in [-0.2, 0) is 17.8 Å². The van der Waals surface area contributed by atoms with E-state index in [4.69, 9.17) is 9.90 Å². The van der Waals surface area contributed by atoms with Gasteiger partial charge in [-0.2, -0.15) is 0 Å². The van der Waals surface area contributed by atoms with Crippen molar-refractivity contribution in [2.75, 3.05) is 0 Å². The van der Waals surface area contributed by atoms with E-state index in [2.05, 4.69) is 42.8 Å². The van der Waals surface area contributed by atoms with Crippen molar-refractivity contribution in [1.82, 2.24) is 0 Å². The largest absolute Gasteiger partial charge is 0.550 e. The number of unbranched alkanes of at least 4 members (excludes halogenated alkanes) is 5. The van der Waals surface area contributed by atoms with Gasteiger partial charge in [0.15, 0.2) is 11.9 Å². The van der Waals surface area contributed by atoms with Crippen molar-refractivity contribution >= 4 is 5.97 Å². The summed E-state index contributed by atoms with van der Waals surface area (Å²) in [6.07, 6.45) is 13.0. The molecule has 0 saturated heterocycles. The second-order valence-electron chi connectivity index (χ2n) is 5.39. The molecule has 0 aliphatic rings. The molecule has 0 unspecified atom stereocenters. The highest BCUT2D eigenvalue weighted by atomic mass is 16.4. The molecule has 0 amide bonds. The van der Waals surface area contributed by atoms with Gasteiger partial charge in [0.2, 0.25) is 0 Å². The molecular formula is C18H31NO2. The lowest BCUT2D eigenvalue weighted by Crippen LogP contribution is -2.37. The summed E-state index contributed by atoms with van der Waals surface area (Å²) in [7, 11) is 0. The lowest BCUT2D eigenvalue weighted by Gasteiger charge is -2.03. The minimum absolute atomic E-state index is 0.972. The van der Waals surface area contributed by atoms with Gasteiger partial charge in [-0.15, -0.1) is 0 Å². The van der Waals surface area contributed by atoms with Crippen molar-refractivity contribution in [1.29, 1.82) is 0 Å². The van der Waals surface area contributed by atoms with Gasteiger partial charge in [-0.1, -0.05) is 45.6 Å². The lowest BCUT2D eigenvalue weighted by atomic mass is 10.1. The van der Waals surface area contributed by atoms with Gasteiger partial charge in [-0.05, 0) is 19.8 Å². The van der Waals surface area contributed by atoms with E-state index in [1.165, 1.54) is 63.6 Å². The summed E-state index contributed by atoms with van der Waals surface area (Å²) >= 11 is 0. The van der Waals surface area contributed by atoms with E-state index in [1.807, 2.05) is 0 Å². The molecule has 0 fully saturated rings. The zero-order valence-corrected chi connectivity index (χ0v) is 13.9. The summed E-state index contributed by atoms with van der Waals surface area (Å²) in [6.45, 7) is 6.70. The third-order valence-electron chi connectivity index (χ3n) is 3.29. The lowest BCUT2D eigenvalue weighted by molar-refractivity contribution is -0.704. The average molecular weight is 293 g/mol. The fourth-order valence-corrected chi connectivity index (χ4v) is 2.28. The number of aliphatic carboxylic acids is 1. The van der Waals surface area contributed by atoms with Crippen LogP contribution in [0.25, 0.3) is 0 Å². The molecule has 0 spiro atoms. The Hall–Kier alpha value is -1.38. The molecule has 0 atom stereocenters. The molecule has 3 heteroatoms. The Balaban J connectivity index is 0.000000885. The first-order valence-electron chi connectivity index (χ1n) is 8.26. The van der Waals surface area contributed by atoms with Crippen LogP contribution in [0.3, 0.4) is 0 Å². The first-order valence-corrected chi connectivity index (χ1v) is 8.26. The number of aromatic nitrogens is 1. The third-order valence-corrected chi connectivity index (χ3v) is 3.29. The SMILES string of the molecule is CC(=O)[O-].CCCCCCCC[n+]1ccccc1CCC. The molecule has 0 radical (unpaired) electrons. The summed E-state index contributed by atoms with van der Waals surface area (Å²) in [5, 5.41) is 8.89. The highest BCUT2D eigenvalue weighted by Gasteiger charge is 2.07. The molecule has 1 aromatic heterocycles. The fourth-order valence-electron chi connectivity index (χ4n) is 2.28. The average Bonchev–Trinajstić information content (AvgIpc) is 2.44. The van der Waals surface area contributed by atoms with Crippen molar-refractivity contribution in [3.8, 4) is 0 Å². The number of rotatable bonds is 9. The van der Waals surface area contributed by atoms with E-state index >= 15 is 0 Å². The molecule has 0 bridgehead atoms. The van der Waals surface area contributed by atoms with Crippen molar-refractivity contribution in [3.05, 3.63) is 30.1 Å². The minimum Gasteiger partial charge on any atom is -0.550 e. The molecule has 1 heterocycles. The second-order valence-corrected chi connectivity index (χ2v) is 5.39. The van der Waals surface area contributed by atoms with E-state index in [9.17, 15) is 0 Å². The Morgan fingerprint density at radius 1 is 1.05 bits per heavy atom. The number of carboxylic acids is 1. The number of hydrogen-bond acceptors (Lipinski definition) is 2. The van der Waals surface area contributed by atoms with E-state index in [0.717, 1.165) is 6.92 Å². The predicted molar refractivity (Wildman–Crippen MR) is 84.7 cm³/mol. The minimum atomic E-state index is -1.08. The van der Waals surface area contributed by atoms with Gasteiger partial charge < -0.3 is 9.90 Å². The number of nitrogens with zero attached hydrogens (tertiary/aromatic N) is 1. The molecule has 0 N–H and O–H groups in total. The standard InChI is InChI=1S/C16H28N.C2H4O2/c1-3-5-6-7-8-10-14-17-15-11-9-13-16(17)12-4-2;1-2(3)4/h9,11,13,15H,3-8,10,12,14H2,1-2H3;1H3,(H,3,4)/q+1;/p-1. The van der Waals surface area contributed by atoms with Crippen LogP contribution in [0, 0.1) is 0 Å². The molecule has 0 aromatic carbocycles. The summed E-state index contributed by atoms with van der Waals surface area (Å²) < 4.78 is 2.43. The van der Waals surface area contributed by atoms with Gasteiger partial charge in [-0.3, -0.25) is 0 Å². The molecule has 1 rings (SSSR count).